The van der Waals surface area contributed by atoms with E-state index in [1.54, 1.807) is 97.3 Å². The molecule has 0 aliphatic heterocycles. The van der Waals surface area contributed by atoms with Crippen molar-refractivity contribution in [1.82, 2.24) is 44.0 Å². The van der Waals surface area contributed by atoms with E-state index in [1.807, 2.05) is 13.8 Å². The molecule has 4 heterocycles. The van der Waals surface area contributed by atoms with Crippen molar-refractivity contribution in [2.45, 2.75) is 107 Å². The summed E-state index contributed by atoms with van der Waals surface area (Å²) in [5.41, 5.74) is 14.6. The van der Waals surface area contributed by atoms with Gasteiger partial charge in [0, 0.05) is 43.7 Å². The van der Waals surface area contributed by atoms with Crippen molar-refractivity contribution < 1.29 is 47.7 Å². The summed E-state index contributed by atoms with van der Waals surface area (Å²) in [6, 6.07) is 8.34. The zero-order chi connectivity index (χ0) is 51.9. The summed E-state index contributed by atoms with van der Waals surface area (Å²) >= 11 is 0. The number of esters is 1. The van der Waals surface area contributed by atoms with Crippen LogP contribution in [0.5, 0.6) is 11.5 Å². The number of allylic oxidation sites excluding steroid dienone is 2. The van der Waals surface area contributed by atoms with Crippen LogP contribution in [0.15, 0.2) is 58.5 Å². The Kier molecular flexibility index (Phi) is 16.2. The van der Waals surface area contributed by atoms with Crippen LogP contribution in [0.3, 0.4) is 0 Å². The number of ether oxygens (including phenoxy) is 4. The summed E-state index contributed by atoms with van der Waals surface area (Å²) in [4.78, 5) is 93.3. The molecule has 5 amide bonds. The molecule has 6 rings (SSSR count). The maximum Gasteiger partial charge on any atom is 0.408 e. The Hall–Kier alpha value is -8.24. The first-order valence-corrected chi connectivity index (χ1v) is 23.0. The van der Waals surface area contributed by atoms with Gasteiger partial charge >= 0.3 is 12.1 Å². The van der Waals surface area contributed by atoms with E-state index in [9.17, 15) is 28.8 Å². The summed E-state index contributed by atoms with van der Waals surface area (Å²) in [6.07, 6.45) is 3.03. The van der Waals surface area contributed by atoms with Crippen molar-refractivity contribution >= 4 is 57.8 Å². The highest BCUT2D eigenvalue weighted by atomic mass is 16.6. The molecule has 23 heteroatoms. The number of fused-ring (bicyclic) bond motifs is 2. The third-order valence-electron chi connectivity index (χ3n) is 10.9. The molecule has 0 aliphatic carbocycles. The number of imidazole rings is 2. The molecule has 2 aromatic carbocycles. The lowest BCUT2D eigenvalue weighted by Gasteiger charge is -2.24. The highest BCUT2D eigenvalue weighted by Crippen LogP contribution is 2.28. The maximum atomic E-state index is 13.9. The predicted molar refractivity (Wildman–Crippen MR) is 259 cm³/mol. The molecule has 0 bridgehead atoms. The van der Waals surface area contributed by atoms with Crippen molar-refractivity contribution in [3.63, 3.8) is 0 Å². The maximum absolute atomic E-state index is 13.9. The van der Waals surface area contributed by atoms with Crippen LogP contribution < -0.4 is 37.5 Å². The Bertz CT molecular complexity index is 3190. The number of alkyl carbamates (subject to hydrolysis) is 1. The van der Waals surface area contributed by atoms with Crippen LogP contribution in [0.2, 0.25) is 0 Å². The van der Waals surface area contributed by atoms with Gasteiger partial charge in [-0.15, -0.1) is 0 Å². The molecule has 0 saturated carbocycles. The Labute approximate surface area is 407 Å². The Morgan fingerprint density at radius 3 is 1.66 bits per heavy atom. The number of nitrogens with two attached hydrogens (primary N) is 2. The second-order valence-electron chi connectivity index (χ2n) is 17.8. The van der Waals surface area contributed by atoms with Crippen LogP contribution in [0.1, 0.15) is 108 Å². The van der Waals surface area contributed by atoms with E-state index >= 15 is 0 Å². The molecule has 0 fully saturated rings. The molecule has 23 nitrogen and oxygen atoms in total. The van der Waals surface area contributed by atoms with E-state index in [0.29, 0.717) is 46.5 Å². The molecular weight excluding hydrogens is 919 g/mol. The number of carbonyl (C=O) groups is 6. The number of aromatic amines is 2. The largest absolute Gasteiger partial charge is 0.494 e. The van der Waals surface area contributed by atoms with Crippen LogP contribution in [0.25, 0.3) is 22.1 Å². The van der Waals surface area contributed by atoms with Gasteiger partial charge in [0.1, 0.15) is 45.6 Å². The van der Waals surface area contributed by atoms with Crippen LogP contribution in [0.4, 0.5) is 4.79 Å². The fourth-order valence-corrected chi connectivity index (χ4v) is 7.65. The number of methoxy groups -OCH3 is 1. The molecule has 0 spiro atoms. The first kappa shape index (κ1) is 52.1. The van der Waals surface area contributed by atoms with Gasteiger partial charge < -0.3 is 54.8 Å². The highest BCUT2D eigenvalue weighted by Gasteiger charge is 2.28. The second-order valence-corrected chi connectivity index (χ2v) is 17.8. The molecule has 71 heavy (non-hydrogen) atoms. The fraction of sp³-hybridized carbons (Fsp3) is 0.417. The van der Waals surface area contributed by atoms with Crippen LogP contribution in [0, 0.1) is 19.8 Å². The van der Waals surface area contributed by atoms with Gasteiger partial charge in [-0.05, 0) is 90.8 Å². The number of hydrogen-bond acceptors (Lipinski definition) is 12. The Balaban J connectivity index is 1.37. The normalized spacial score (nSPS) is 12.8. The number of nitrogens with one attached hydrogen (secondary N) is 3. The third kappa shape index (κ3) is 12.3. The van der Waals surface area contributed by atoms with Gasteiger partial charge in [0.15, 0.2) is 0 Å². The minimum Gasteiger partial charge on any atom is -0.494 e. The number of aryl methyl sites for hydroxylation is 4. The van der Waals surface area contributed by atoms with Gasteiger partial charge in [-0.3, -0.25) is 28.5 Å². The third-order valence-corrected chi connectivity index (χ3v) is 10.9. The first-order chi connectivity index (χ1) is 33.6. The molecule has 6 aromatic rings. The van der Waals surface area contributed by atoms with E-state index in [2.05, 4.69) is 35.5 Å². The van der Waals surface area contributed by atoms with E-state index in [1.165, 1.54) is 25.3 Å². The van der Waals surface area contributed by atoms with Crippen LogP contribution in [-0.2, 0) is 40.4 Å². The summed E-state index contributed by atoms with van der Waals surface area (Å²) in [5, 5.41) is 11.4. The number of benzene rings is 2. The van der Waals surface area contributed by atoms with E-state index in [0.717, 1.165) is 0 Å². The minimum absolute atomic E-state index is 0.00205. The molecule has 7 N–H and O–H groups in total. The van der Waals surface area contributed by atoms with E-state index in [4.69, 9.17) is 30.4 Å². The monoisotopic (exact) mass is 979 g/mol. The summed E-state index contributed by atoms with van der Waals surface area (Å²) in [6.45, 7) is 16.9. The van der Waals surface area contributed by atoms with Gasteiger partial charge in [0.25, 0.3) is 11.8 Å². The second kappa shape index (κ2) is 22.0. The Morgan fingerprint density at radius 2 is 1.23 bits per heavy atom. The number of aromatic nitrogens is 8. The fourth-order valence-electron chi connectivity index (χ4n) is 7.65. The topological polar surface area (TPSA) is 305 Å². The number of nitrogens with zero attached hydrogens (tertiary/aromatic N) is 8. The number of hydrogen-bond donors (Lipinski definition) is 5. The summed E-state index contributed by atoms with van der Waals surface area (Å²) in [7, 11) is 1.44. The van der Waals surface area contributed by atoms with Crippen molar-refractivity contribution in [2.24, 2.45) is 27.4 Å². The molecule has 0 radical (unpaired) electrons. The molecule has 1 atom stereocenters. The number of H-pyrrole nitrogens is 2. The van der Waals surface area contributed by atoms with E-state index < -0.39 is 47.3 Å². The number of amides is 5. The number of rotatable bonds is 19. The van der Waals surface area contributed by atoms with Crippen molar-refractivity contribution in [3.05, 3.63) is 93.7 Å². The smallest absolute Gasteiger partial charge is 0.408 e. The molecule has 0 saturated heterocycles. The molecule has 4 aromatic heterocycles. The highest BCUT2D eigenvalue weighted by molar-refractivity contribution is 6.00. The SMILES string of the molecule is CCn1nc(C)cc1C(=O)/N=c1/[nH]c2cc(C(N)=O)cc(OC)c2n1C/C=C/Cn1/c(=N/C(=O)c2cc(C)nn2CC)[nH]c2cc(C(N)=O)cc(OCCCOC(=O)[C@@H](NC(=O)OC(C)(C)C)C(C)C)c21. The Morgan fingerprint density at radius 1 is 0.746 bits per heavy atom. The quantitative estimate of drug-likeness (QED) is 0.0435. The number of carbonyl (C=O) groups excluding carboxylic acids is 6. The van der Waals surface area contributed by atoms with Gasteiger partial charge in [-0.1, -0.05) is 26.0 Å². The summed E-state index contributed by atoms with van der Waals surface area (Å²) in [5.74, 6) is -3.06. The average molecular weight is 980 g/mol. The minimum atomic E-state index is -0.968. The molecule has 0 aliphatic rings. The molecular formula is C48H61N13O10. The zero-order valence-electron chi connectivity index (χ0n) is 41.5. The molecule has 378 valence electrons. The lowest BCUT2D eigenvalue weighted by molar-refractivity contribution is -0.147. The van der Waals surface area contributed by atoms with Crippen LogP contribution in [-0.4, -0.2) is 106 Å². The lowest BCUT2D eigenvalue weighted by atomic mass is 10.1. The lowest BCUT2D eigenvalue weighted by Crippen LogP contribution is -2.47. The predicted octanol–water partition coefficient (Wildman–Crippen LogP) is 4.11. The molecule has 0 unspecified atom stereocenters. The van der Waals surface area contributed by atoms with Gasteiger partial charge in [0.05, 0.1) is 42.7 Å². The van der Waals surface area contributed by atoms with Crippen molar-refractivity contribution in [3.8, 4) is 11.5 Å². The first-order valence-electron chi connectivity index (χ1n) is 23.0. The van der Waals surface area contributed by atoms with Crippen LogP contribution >= 0.6 is 0 Å². The van der Waals surface area contributed by atoms with Gasteiger partial charge in [-0.2, -0.15) is 20.2 Å². The zero-order valence-corrected chi connectivity index (χ0v) is 41.5. The average Bonchev–Trinajstić information content (AvgIpc) is 4.07. The van der Waals surface area contributed by atoms with Crippen molar-refractivity contribution in [2.75, 3.05) is 20.3 Å². The number of primary amides is 2. The van der Waals surface area contributed by atoms with Gasteiger partial charge in [-0.25, -0.2) is 9.59 Å². The standard InChI is InChI=1S/C48H61N13O10/c1-11-60-33(20-27(5)56-60)42(64)54-45-51-31-22-29(40(49)62)24-35(68-10)38(31)58(45)16-13-14-17-59-39-32(52-46(59)55-43(65)34-21-28(6)57-61(34)12-2)23-30(41(50)63)25-36(39)69-18-15-19-70-44(66)37(26(3)4)53-47(67)71-48(7,8)9/h13-14,20-26,37H,11-12,15-19H2,1-10H3,(H2,49,62)(H2,50,63)(H,53,67)(H,51,54,64)(H,52,55,65)/b14-13+/t37-/m0/s1. The van der Waals surface area contributed by atoms with Crippen molar-refractivity contribution in [1.29, 1.82) is 0 Å². The summed E-state index contributed by atoms with van der Waals surface area (Å²) < 4.78 is 29.3. The van der Waals surface area contributed by atoms with Gasteiger partial charge in [0.2, 0.25) is 23.1 Å². The van der Waals surface area contributed by atoms with E-state index in [-0.39, 0.29) is 83.9 Å².